The molecule has 4 aliphatic heterocycles. The average Bonchev–Trinajstić information content (AvgIpc) is 3.52. The molecule has 174 valence electrons. The highest BCUT2D eigenvalue weighted by Crippen LogP contribution is 2.61. The Morgan fingerprint density at radius 3 is 2.71 bits per heavy atom. The maximum Gasteiger partial charge on any atom is 0.273 e. The zero-order chi connectivity index (χ0) is 23.9. The van der Waals surface area contributed by atoms with Crippen LogP contribution in [-0.2, 0) is 19.9 Å². The molecule has 3 fully saturated rings. The molecule has 34 heavy (non-hydrogen) atoms. The summed E-state index contributed by atoms with van der Waals surface area (Å²) < 4.78 is 5.32. The van der Waals surface area contributed by atoms with Crippen LogP contribution in [0, 0.1) is 28.9 Å². The van der Waals surface area contributed by atoms with Gasteiger partial charge in [0.2, 0.25) is 17.7 Å². The van der Waals surface area contributed by atoms with Crippen molar-refractivity contribution in [2.45, 2.75) is 31.3 Å². The summed E-state index contributed by atoms with van der Waals surface area (Å²) in [5, 5.41) is 14.2. The van der Waals surface area contributed by atoms with E-state index in [9.17, 15) is 24.5 Å². The number of hydrogen-bond acceptors (Lipinski definition) is 7. The first-order valence-electron chi connectivity index (χ1n) is 11.2. The van der Waals surface area contributed by atoms with Crippen LogP contribution in [0.1, 0.15) is 24.0 Å². The van der Waals surface area contributed by atoms with E-state index >= 15 is 0 Å². The lowest BCUT2D eigenvalue weighted by atomic mass is 9.75. The molecule has 4 atom stereocenters. The highest BCUT2D eigenvalue weighted by molar-refractivity contribution is 6.26. The number of methoxy groups -OCH3 is 1. The lowest BCUT2D eigenvalue weighted by Gasteiger charge is -2.36. The third kappa shape index (κ3) is 2.30. The number of fused-ring (bicyclic) bond motifs is 7. The lowest BCUT2D eigenvalue weighted by molar-refractivity contribution is -0.384. The van der Waals surface area contributed by atoms with E-state index in [1.54, 1.807) is 0 Å². The minimum Gasteiger partial charge on any atom is -0.494 e. The first kappa shape index (κ1) is 20.8. The molecule has 1 N–H and O–H groups in total. The first-order chi connectivity index (χ1) is 16.3. The van der Waals surface area contributed by atoms with Crippen molar-refractivity contribution in [3.63, 3.8) is 0 Å². The van der Waals surface area contributed by atoms with E-state index in [4.69, 9.17) is 4.74 Å². The van der Waals surface area contributed by atoms with Gasteiger partial charge in [0.05, 0.1) is 35.6 Å². The number of nitrogens with one attached hydrogen (secondary N) is 1. The molecule has 3 amide bonds. The topological polar surface area (TPSA) is 122 Å². The summed E-state index contributed by atoms with van der Waals surface area (Å²) >= 11 is 0. The smallest absolute Gasteiger partial charge is 0.273 e. The number of anilines is 2. The summed E-state index contributed by atoms with van der Waals surface area (Å²) in [6, 6.07) is 9.19. The van der Waals surface area contributed by atoms with Crippen molar-refractivity contribution >= 4 is 34.8 Å². The van der Waals surface area contributed by atoms with Gasteiger partial charge in [0, 0.05) is 23.4 Å². The Balaban J connectivity index is 1.53. The molecule has 1 spiro atoms. The molecule has 0 aliphatic carbocycles. The number of para-hydroxylation sites is 1. The van der Waals surface area contributed by atoms with Crippen molar-refractivity contribution in [2.24, 2.45) is 11.8 Å². The Hall–Kier alpha value is -3.79. The number of aryl methyl sites for hydroxylation is 1. The maximum absolute atomic E-state index is 14.0. The summed E-state index contributed by atoms with van der Waals surface area (Å²) in [5.41, 5.74) is 1.01. The van der Waals surface area contributed by atoms with Crippen LogP contribution in [0.25, 0.3) is 0 Å². The van der Waals surface area contributed by atoms with Crippen LogP contribution < -0.4 is 15.0 Å². The number of carbonyl (C=O) groups excluding carboxylic acids is 3. The van der Waals surface area contributed by atoms with Gasteiger partial charge in [-0.15, -0.1) is 0 Å². The molecular formula is C24H22N4O6. The predicted molar refractivity (Wildman–Crippen MR) is 120 cm³/mol. The Bertz CT molecular complexity index is 1310. The van der Waals surface area contributed by atoms with Crippen molar-refractivity contribution in [1.82, 2.24) is 4.90 Å². The van der Waals surface area contributed by atoms with Crippen molar-refractivity contribution in [1.29, 1.82) is 0 Å². The van der Waals surface area contributed by atoms with E-state index in [1.807, 2.05) is 25.1 Å². The van der Waals surface area contributed by atoms with Crippen molar-refractivity contribution in [3.05, 3.63) is 57.6 Å². The molecule has 10 nitrogen and oxygen atoms in total. The fraction of sp³-hybridized carbons (Fsp3) is 0.375. The number of carbonyl (C=O) groups is 3. The molecule has 0 saturated carbocycles. The van der Waals surface area contributed by atoms with Crippen LogP contribution in [0.15, 0.2) is 36.4 Å². The van der Waals surface area contributed by atoms with Gasteiger partial charge < -0.3 is 10.1 Å². The number of amides is 3. The van der Waals surface area contributed by atoms with Gasteiger partial charge in [-0.05, 0) is 37.9 Å². The molecule has 2 aromatic carbocycles. The van der Waals surface area contributed by atoms with Crippen LogP contribution in [0.5, 0.6) is 5.75 Å². The van der Waals surface area contributed by atoms with E-state index in [1.165, 1.54) is 25.3 Å². The van der Waals surface area contributed by atoms with Gasteiger partial charge in [0.1, 0.15) is 11.3 Å². The average molecular weight is 462 g/mol. The fourth-order valence-corrected chi connectivity index (χ4v) is 6.58. The molecule has 6 rings (SSSR count). The molecule has 0 unspecified atom stereocenters. The summed E-state index contributed by atoms with van der Waals surface area (Å²) in [7, 11) is 1.33. The molecule has 3 saturated heterocycles. The summed E-state index contributed by atoms with van der Waals surface area (Å²) in [5.74, 6) is -2.69. The Labute approximate surface area is 194 Å². The van der Waals surface area contributed by atoms with Crippen LogP contribution in [0.4, 0.5) is 17.1 Å². The minimum absolute atomic E-state index is 0.0559. The number of nitro groups is 1. The fourth-order valence-electron chi connectivity index (χ4n) is 6.58. The van der Waals surface area contributed by atoms with E-state index in [2.05, 4.69) is 10.2 Å². The number of nitrogens with zero attached hydrogens (tertiary/aromatic N) is 3. The molecular weight excluding hydrogens is 440 g/mol. The first-order valence-corrected chi connectivity index (χ1v) is 11.2. The number of nitro benzene ring substituents is 1. The van der Waals surface area contributed by atoms with Crippen molar-refractivity contribution in [3.8, 4) is 5.75 Å². The molecule has 2 aromatic rings. The summed E-state index contributed by atoms with van der Waals surface area (Å²) in [4.78, 5) is 55.3. The van der Waals surface area contributed by atoms with Crippen LogP contribution in [0.3, 0.4) is 0 Å². The Morgan fingerprint density at radius 1 is 1.18 bits per heavy atom. The molecule has 10 heteroatoms. The van der Waals surface area contributed by atoms with Gasteiger partial charge in [-0.25, -0.2) is 4.90 Å². The van der Waals surface area contributed by atoms with Gasteiger partial charge in [-0.1, -0.05) is 18.2 Å². The summed E-state index contributed by atoms with van der Waals surface area (Å²) in [6.07, 6.45) is 1.54. The van der Waals surface area contributed by atoms with Gasteiger partial charge in [0.25, 0.3) is 5.69 Å². The highest BCUT2D eigenvalue weighted by atomic mass is 16.6. The standard InChI is InChI=1S/C24H22N4O6/c1-12-5-3-6-14-20(12)25-23(31)24(14)19-18(16-7-4-10-26(16)24)21(29)27(22(19)30)15-9-8-13(28(32)33)11-17(15)34-2/h3,5-6,8-9,11,16,18-19H,4,7,10H2,1-2H3,(H,25,31)/t16-,18-,19-,24-/m1/s1. The van der Waals surface area contributed by atoms with Crippen molar-refractivity contribution in [2.75, 3.05) is 23.9 Å². The van der Waals surface area contributed by atoms with Gasteiger partial charge in [-0.2, -0.15) is 0 Å². The third-order valence-electron chi connectivity index (χ3n) is 7.85. The van der Waals surface area contributed by atoms with E-state index < -0.39 is 34.1 Å². The number of ether oxygens (including phenoxy) is 1. The second-order valence-corrected chi connectivity index (χ2v) is 9.25. The number of imide groups is 1. The zero-order valence-electron chi connectivity index (χ0n) is 18.6. The number of benzene rings is 2. The van der Waals surface area contributed by atoms with Gasteiger partial charge in [-0.3, -0.25) is 29.4 Å². The van der Waals surface area contributed by atoms with Crippen LogP contribution in [-0.4, -0.2) is 47.2 Å². The van der Waals surface area contributed by atoms with Crippen molar-refractivity contribution < 1.29 is 24.0 Å². The minimum atomic E-state index is -1.26. The van der Waals surface area contributed by atoms with Gasteiger partial charge >= 0.3 is 0 Å². The van der Waals surface area contributed by atoms with Gasteiger partial charge in [0.15, 0.2) is 0 Å². The quantitative estimate of drug-likeness (QED) is 0.422. The Morgan fingerprint density at radius 2 is 1.97 bits per heavy atom. The molecule has 4 aliphatic rings. The summed E-state index contributed by atoms with van der Waals surface area (Å²) in [6.45, 7) is 2.53. The molecule has 0 bridgehead atoms. The van der Waals surface area contributed by atoms with E-state index in [-0.39, 0.29) is 29.1 Å². The SMILES string of the molecule is COc1cc([N+](=O)[O-])ccc1N1C(=O)[C@@H]2[C@H]3CCCN3[C@@]3(C(=O)Nc4c(C)cccc43)[C@H]2C1=O. The largest absolute Gasteiger partial charge is 0.494 e. The maximum atomic E-state index is 14.0. The third-order valence-corrected chi connectivity index (χ3v) is 7.85. The van der Waals surface area contributed by atoms with Crippen LogP contribution in [0.2, 0.25) is 0 Å². The molecule has 4 heterocycles. The van der Waals surface area contributed by atoms with E-state index in [0.29, 0.717) is 18.7 Å². The number of non-ortho nitro benzene ring substituents is 1. The predicted octanol–water partition coefficient (Wildman–Crippen LogP) is 2.34. The lowest BCUT2D eigenvalue weighted by Crippen LogP contribution is -2.54. The number of hydrogen-bond donors (Lipinski definition) is 1. The second kappa shape index (κ2) is 6.86. The van der Waals surface area contributed by atoms with E-state index in [0.717, 1.165) is 22.4 Å². The highest BCUT2D eigenvalue weighted by Gasteiger charge is 2.74. The monoisotopic (exact) mass is 462 g/mol. The second-order valence-electron chi connectivity index (χ2n) is 9.25. The number of rotatable bonds is 3. The zero-order valence-corrected chi connectivity index (χ0v) is 18.6. The molecule has 0 radical (unpaired) electrons. The Kier molecular flexibility index (Phi) is 4.20. The molecule has 0 aromatic heterocycles. The van der Waals surface area contributed by atoms with Crippen LogP contribution >= 0.6 is 0 Å². The normalized spacial score (nSPS) is 29.4.